The molecule has 0 aliphatic rings. The first-order valence-corrected chi connectivity index (χ1v) is 11.8. The number of ether oxygens (including phenoxy) is 1. The monoisotopic (exact) mass is 527 g/mol. The van der Waals surface area contributed by atoms with E-state index in [1.54, 1.807) is 12.1 Å². The summed E-state index contributed by atoms with van der Waals surface area (Å²) in [5.74, 6) is -1.20. The fourth-order valence-electron chi connectivity index (χ4n) is 3.08. The molecule has 1 unspecified atom stereocenters. The molecule has 3 aromatic carbocycles. The first kappa shape index (κ1) is 24.1. The van der Waals surface area contributed by atoms with E-state index >= 15 is 0 Å². The average Bonchev–Trinajstić information content (AvgIpc) is 2.76. The van der Waals surface area contributed by atoms with Gasteiger partial charge < -0.3 is 4.74 Å². The fraction of sp³-hybridized carbons (Fsp3) is 0.0909. The zero-order chi connectivity index (χ0) is 24.5. The first-order chi connectivity index (χ1) is 16.0. The third kappa shape index (κ3) is 5.19. The Balaban J connectivity index is 1.83. The van der Waals surface area contributed by atoms with Gasteiger partial charge in [-0.25, -0.2) is 18.4 Å². The van der Waals surface area contributed by atoms with Crippen LogP contribution < -0.4 is 9.46 Å². The smallest absolute Gasteiger partial charge is 0.429 e. The first-order valence-electron chi connectivity index (χ1n) is 9.57. The van der Waals surface area contributed by atoms with Crippen molar-refractivity contribution in [2.75, 3.05) is 4.72 Å². The average molecular weight is 528 g/mol. The molecule has 0 fully saturated rings. The third-order valence-electron chi connectivity index (χ3n) is 4.57. The second kappa shape index (κ2) is 9.28. The molecule has 0 spiro atoms. The van der Waals surface area contributed by atoms with Crippen LogP contribution >= 0.6 is 23.2 Å². The van der Waals surface area contributed by atoms with E-state index in [0.717, 1.165) is 6.07 Å². The number of para-hydroxylation sites is 2. The molecule has 34 heavy (non-hydrogen) atoms. The van der Waals surface area contributed by atoms with Gasteiger partial charge in [0.05, 0.1) is 16.1 Å². The summed E-state index contributed by atoms with van der Waals surface area (Å²) in [5, 5.41) is -0.0158. The Hall–Kier alpha value is -3.08. The topological polar surface area (TPSA) is 81.2 Å². The molecule has 0 saturated heterocycles. The summed E-state index contributed by atoms with van der Waals surface area (Å²) in [7, 11) is -4.34. The number of fused-ring (bicyclic) bond motifs is 1. The lowest BCUT2D eigenvalue weighted by atomic mass is 10.1. The van der Waals surface area contributed by atoms with Gasteiger partial charge in [0.1, 0.15) is 4.90 Å². The van der Waals surface area contributed by atoms with Gasteiger partial charge in [-0.1, -0.05) is 59.6 Å². The molecular formula is C22H14Cl2F3N3O3S. The van der Waals surface area contributed by atoms with Crippen molar-refractivity contribution >= 4 is 50.1 Å². The molecule has 0 aliphatic carbocycles. The van der Waals surface area contributed by atoms with E-state index in [1.165, 1.54) is 54.6 Å². The zero-order valence-corrected chi connectivity index (χ0v) is 19.3. The van der Waals surface area contributed by atoms with Crippen LogP contribution in [0.2, 0.25) is 10.0 Å². The van der Waals surface area contributed by atoms with E-state index in [9.17, 15) is 21.6 Å². The van der Waals surface area contributed by atoms with Gasteiger partial charge in [-0.2, -0.15) is 13.2 Å². The van der Waals surface area contributed by atoms with E-state index in [1.807, 2.05) is 0 Å². The molecule has 1 heterocycles. The Morgan fingerprint density at radius 2 is 1.53 bits per heavy atom. The van der Waals surface area contributed by atoms with Gasteiger partial charge in [0.15, 0.2) is 0 Å². The highest BCUT2D eigenvalue weighted by Crippen LogP contribution is 2.39. The van der Waals surface area contributed by atoms with E-state index < -0.39 is 34.0 Å². The lowest BCUT2D eigenvalue weighted by Gasteiger charge is -2.23. The predicted octanol–water partition coefficient (Wildman–Crippen LogP) is 6.42. The van der Waals surface area contributed by atoms with Crippen LogP contribution in [0.25, 0.3) is 11.0 Å². The minimum absolute atomic E-state index is 0.0691. The Labute approximate surface area is 202 Å². The van der Waals surface area contributed by atoms with Crippen molar-refractivity contribution in [3.05, 3.63) is 88.4 Å². The van der Waals surface area contributed by atoms with Crippen LogP contribution in [-0.4, -0.2) is 24.6 Å². The van der Waals surface area contributed by atoms with Crippen LogP contribution in [0.3, 0.4) is 0 Å². The number of hydrogen-bond donors (Lipinski definition) is 1. The number of halogens is 5. The van der Waals surface area contributed by atoms with Crippen LogP contribution in [-0.2, 0) is 10.0 Å². The van der Waals surface area contributed by atoms with Crippen LogP contribution in [0.4, 0.5) is 19.0 Å². The minimum Gasteiger partial charge on any atom is -0.457 e. The summed E-state index contributed by atoms with van der Waals surface area (Å²) in [4.78, 5) is 7.95. The van der Waals surface area contributed by atoms with Gasteiger partial charge in [-0.05, 0) is 36.4 Å². The molecule has 0 radical (unpaired) electrons. The number of alkyl halides is 3. The molecule has 1 atom stereocenters. The SMILES string of the molecule is O=S(=O)(Nc1nc2ccccc2nc1OC(c1cccc(Cl)c1)C(F)(F)F)c1ccccc1Cl. The van der Waals surface area contributed by atoms with Crippen molar-refractivity contribution < 1.29 is 26.3 Å². The standard InChI is InChI=1S/C22H14Cl2F3N3O3S/c23-14-7-5-6-13(12-14)19(22(25,26)27)33-21-20(28-16-9-2-3-10-17(16)29-21)30-34(31,32)18-11-4-1-8-15(18)24/h1-12,19H,(H,28,30). The van der Waals surface area contributed by atoms with Crippen molar-refractivity contribution in [2.24, 2.45) is 0 Å². The Morgan fingerprint density at radius 3 is 2.18 bits per heavy atom. The Bertz CT molecular complexity index is 1470. The van der Waals surface area contributed by atoms with Gasteiger partial charge in [0, 0.05) is 10.6 Å². The molecule has 1 aromatic heterocycles. The van der Waals surface area contributed by atoms with Crippen molar-refractivity contribution in [3.8, 4) is 5.88 Å². The highest BCUT2D eigenvalue weighted by atomic mass is 35.5. The molecule has 12 heteroatoms. The summed E-state index contributed by atoms with van der Waals surface area (Å²) in [6.45, 7) is 0. The van der Waals surface area contributed by atoms with Crippen molar-refractivity contribution in [3.63, 3.8) is 0 Å². The number of nitrogens with zero attached hydrogens (tertiary/aromatic N) is 2. The third-order valence-corrected chi connectivity index (χ3v) is 6.65. The quantitative estimate of drug-likeness (QED) is 0.313. The summed E-state index contributed by atoms with van der Waals surface area (Å²) in [5.41, 5.74) is 0.137. The number of sulfonamides is 1. The van der Waals surface area contributed by atoms with Crippen molar-refractivity contribution in [1.29, 1.82) is 0 Å². The van der Waals surface area contributed by atoms with E-state index in [-0.39, 0.29) is 31.5 Å². The molecule has 4 rings (SSSR count). The second-order valence-electron chi connectivity index (χ2n) is 7.00. The fourth-order valence-corrected chi connectivity index (χ4v) is 4.80. The number of rotatable bonds is 6. The predicted molar refractivity (Wildman–Crippen MR) is 123 cm³/mol. The minimum atomic E-state index is -4.88. The number of aromatic nitrogens is 2. The van der Waals surface area contributed by atoms with Gasteiger partial charge >= 0.3 is 6.18 Å². The van der Waals surface area contributed by atoms with Crippen LogP contribution in [0, 0.1) is 0 Å². The maximum atomic E-state index is 14.0. The molecule has 176 valence electrons. The molecular weight excluding hydrogens is 514 g/mol. The van der Waals surface area contributed by atoms with E-state index in [0.29, 0.717) is 0 Å². The van der Waals surface area contributed by atoms with Gasteiger partial charge in [0.2, 0.25) is 11.9 Å². The molecule has 6 nitrogen and oxygen atoms in total. The number of anilines is 1. The van der Waals surface area contributed by atoms with Gasteiger partial charge in [-0.3, -0.25) is 4.72 Å². The molecule has 0 bridgehead atoms. The van der Waals surface area contributed by atoms with Gasteiger partial charge in [-0.15, -0.1) is 0 Å². The lowest BCUT2D eigenvalue weighted by Crippen LogP contribution is -2.27. The summed E-state index contributed by atoms with van der Waals surface area (Å²) in [6.07, 6.45) is -7.37. The molecule has 4 aromatic rings. The summed E-state index contributed by atoms with van der Waals surface area (Å²) < 4.78 is 75.2. The van der Waals surface area contributed by atoms with Crippen molar-refractivity contribution in [1.82, 2.24) is 9.97 Å². The number of hydrogen-bond acceptors (Lipinski definition) is 5. The number of nitrogens with one attached hydrogen (secondary N) is 1. The van der Waals surface area contributed by atoms with Crippen LogP contribution in [0.15, 0.2) is 77.7 Å². The molecule has 0 aliphatic heterocycles. The lowest BCUT2D eigenvalue weighted by molar-refractivity contribution is -0.198. The highest BCUT2D eigenvalue weighted by Gasteiger charge is 2.44. The van der Waals surface area contributed by atoms with Crippen LogP contribution in [0.1, 0.15) is 11.7 Å². The summed E-state index contributed by atoms with van der Waals surface area (Å²) in [6, 6.07) is 16.9. The second-order valence-corrected chi connectivity index (χ2v) is 9.49. The zero-order valence-electron chi connectivity index (χ0n) is 16.9. The normalized spacial score (nSPS) is 13.0. The van der Waals surface area contributed by atoms with Crippen molar-refractivity contribution in [2.45, 2.75) is 17.2 Å². The Kier molecular flexibility index (Phi) is 6.57. The maximum Gasteiger partial charge on any atom is 0.429 e. The summed E-state index contributed by atoms with van der Waals surface area (Å²) >= 11 is 11.9. The largest absolute Gasteiger partial charge is 0.457 e. The molecule has 0 saturated carbocycles. The van der Waals surface area contributed by atoms with Crippen LogP contribution in [0.5, 0.6) is 5.88 Å². The maximum absolute atomic E-state index is 14.0. The number of benzene rings is 3. The Morgan fingerprint density at radius 1 is 0.882 bits per heavy atom. The highest BCUT2D eigenvalue weighted by molar-refractivity contribution is 7.92. The van der Waals surface area contributed by atoms with E-state index in [2.05, 4.69) is 14.7 Å². The van der Waals surface area contributed by atoms with Gasteiger partial charge in [0.25, 0.3) is 15.9 Å². The molecule has 1 N–H and O–H groups in total. The molecule has 0 amide bonds. The van der Waals surface area contributed by atoms with E-state index in [4.69, 9.17) is 27.9 Å².